The van der Waals surface area contributed by atoms with Crippen molar-refractivity contribution in [3.8, 4) is 5.75 Å². The van der Waals surface area contributed by atoms with Gasteiger partial charge in [-0.25, -0.2) is 0 Å². The fourth-order valence-electron chi connectivity index (χ4n) is 1.18. The second-order valence-corrected chi connectivity index (χ2v) is 4.22. The fraction of sp³-hybridized carbons (Fsp3) is 0.333. The summed E-state index contributed by atoms with van der Waals surface area (Å²) in [4.78, 5) is 21.6. The molecule has 3 nitrogen and oxygen atoms in total. The molecule has 80 valence electrons. The van der Waals surface area contributed by atoms with Crippen molar-refractivity contribution in [1.29, 1.82) is 0 Å². The Labute approximate surface area is 89.1 Å². The van der Waals surface area contributed by atoms with E-state index in [4.69, 9.17) is 4.74 Å². The van der Waals surface area contributed by atoms with E-state index in [-0.39, 0.29) is 0 Å². The molecule has 1 aromatic carbocycles. The number of hydrogen-bond donors (Lipinski definition) is 0. The summed E-state index contributed by atoms with van der Waals surface area (Å²) >= 11 is 0. The number of hydrogen-bond acceptors (Lipinski definition) is 3. The topological polar surface area (TPSA) is 43.4 Å². The summed E-state index contributed by atoms with van der Waals surface area (Å²) < 4.78 is 5.58. The van der Waals surface area contributed by atoms with Crippen LogP contribution in [0.4, 0.5) is 0 Å². The maximum Gasteiger partial charge on any atom is 0.153 e. The quantitative estimate of drug-likeness (QED) is 0.713. The van der Waals surface area contributed by atoms with Gasteiger partial charge < -0.3 is 4.74 Å². The Morgan fingerprint density at radius 1 is 1.07 bits per heavy atom. The van der Waals surface area contributed by atoms with Crippen molar-refractivity contribution in [3.05, 3.63) is 29.3 Å². The molecule has 1 rings (SSSR count). The molecule has 3 heteroatoms. The highest BCUT2D eigenvalue weighted by atomic mass is 16.5. The van der Waals surface area contributed by atoms with Crippen LogP contribution in [0.1, 0.15) is 41.5 Å². The zero-order valence-electron chi connectivity index (χ0n) is 9.11. The predicted octanol–water partition coefficient (Wildman–Crippen LogP) is 2.49. The second-order valence-electron chi connectivity index (χ2n) is 4.22. The van der Waals surface area contributed by atoms with Gasteiger partial charge in [0.2, 0.25) is 0 Å². The minimum atomic E-state index is -0.434. The number of aldehydes is 2. The van der Waals surface area contributed by atoms with Gasteiger partial charge in [-0.3, -0.25) is 9.59 Å². The lowest BCUT2D eigenvalue weighted by molar-refractivity contribution is 0.107. The first kappa shape index (κ1) is 11.4. The van der Waals surface area contributed by atoms with E-state index in [1.807, 2.05) is 20.8 Å². The van der Waals surface area contributed by atoms with Gasteiger partial charge in [0.05, 0.1) is 11.1 Å². The van der Waals surface area contributed by atoms with Gasteiger partial charge in [-0.05, 0) is 32.9 Å². The van der Waals surface area contributed by atoms with Crippen LogP contribution < -0.4 is 4.74 Å². The molecule has 0 saturated heterocycles. The standard InChI is InChI=1S/C12H14O3/c1-12(2,3)15-11-9(7-13)5-4-6-10(11)8-14/h4-8H,1-3H3. The highest BCUT2D eigenvalue weighted by molar-refractivity contribution is 5.88. The van der Waals surface area contributed by atoms with Crippen molar-refractivity contribution in [1.82, 2.24) is 0 Å². The van der Waals surface area contributed by atoms with Crippen LogP contribution in [0, 0.1) is 0 Å². The molecule has 0 amide bonds. The number of benzene rings is 1. The number of ether oxygens (including phenoxy) is 1. The molecular formula is C12H14O3. The molecule has 15 heavy (non-hydrogen) atoms. The minimum Gasteiger partial charge on any atom is -0.487 e. The summed E-state index contributed by atoms with van der Waals surface area (Å²) in [5.74, 6) is 0.356. The molecule has 0 aliphatic rings. The third-order valence-corrected chi connectivity index (χ3v) is 1.74. The molecule has 0 aromatic heterocycles. The first-order valence-electron chi connectivity index (χ1n) is 4.70. The molecule has 0 spiro atoms. The Morgan fingerprint density at radius 2 is 1.53 bits per heavy atom. The molecular weight excluding hydrogens is 192 g/mol. The average molecular weight is 206 g/mol. The number of rotatable bonds is 3. The van der Waals surface area contributed by atoms with E-state index in [0.717, 1.165) is 0 Å². The predicted molar refractivity (Wildman–Crippen MR) is 57.6 cm³/mol. The Bertz CT molecular complexity index is 349. The van der Waals surface area contributed by atoms with Gasteiger partial charge in [0.15, 0.2) is 12.6 Å². The highest BCUT2D eigenvalue weighted by Crippen LogP contribution is 2.25. The van der Waals surface area contributed by atoms with E-state index in [1.54, 1.807) is 18.2 Å². The molecule has 0 aliphatic carbocycles. The summed E-state index contributed by atoms with van der Waals surface area (Å²) in [7, 11) is 0. The summed E-state index contributed by atoms with van der Waals surface area (Å²) in [5.41, 5.74) is 0.362. The van der Waals surface area contributed by atoms with E-state index < -0.39 is 5.60 Å². The maximum absolute atomic E-state index is 10.8. The average Bonchev–Trinajstić information content (AvgIpc) is 2.16. The second kappa shape index (κ2) is 4.26. The van der Waals surface area contributed by atoms with Crippen LogP contribution in [0.25, 0.3) is 0 Å². The van der Waals surface area contributed by atoms with E-state index >= 15 is 0 Å². The van der Waals surface area contributed by atoms with Crippen molar-refractivity contribution in [2.45, 2.75) is 26.4 Å². The summed E-state index contributed by atoms with van der Waals surface area (Å²) in [5, 5.41) is 0. The SMILES string of the molecule is CC(C)(C)Oc1c(C=O)cccc1C=O. The third kappa shape index (κ3) is 2.91. The van der Waals surface area contributed by atoms with E-state index in [9.17, 15) is 9.59 Å². The summed E-state index contributed by atoms with van der Waals surface area (Å²) in [6.45, 7) is 5.59. The number of carbonyl (C=O) groups is 2. The van der Waals surface area contributed by atoms with Crippen LogP contribution in [0.15, 0.2) is 18.2 Å². The zero-order valence-corrected chi connectivity index (χ0v) is 9.11. The lowest BCUT2D eigenvalue weighted by atomic mass is 10.1. The van der Waals surface area contributed by atoms with Crippen LogP contribution in [-0.4, -0.2) is 18.2 Å². The maximum atomic E-state index is 10.8. The smallest absolute Gasteiger partial charge is 0.153 e. The van der Waals surface area contributed by atoms with E-state index in [2.05, 4.69) is 0 Å². The van der Waals surface area contributed by atoms with Gasteiger partial charge in [-0.15, -0.1) is 0 Å². The summed E-state index contributed by atoms with van der Waals surface area (Å²) in [6, 6.07) is 4.91. The van der Waals surface area contributed by atoms with E-state index in [1.165, 1.54) is 0 Å². The highest BCUT2D eigenvalue weighted by Gasteiger charge is 2.17. The van der Waals surface area contributed by atoms with Crippen LogP contribution in [0.3, 0.4) is 0 Å². The molecule has 0 heterocycles. The molecule has 0 aliphatic heterocycles. The summed E-state index contributed by atoms with van der Waals surface area (Å²) in [6.07, 6.45) is 1.38. The van der Waals surface area contributed by atoms with Crippen LogP contribution in [0.5, 0.6) is 5.75 Å². The van der Waals surface area contributed by atoms with Gasteiger partial charge >= 0.3 is 0 Å². The minimum absolute atomic E-state index is 0.356. The van der Waals surface area contributed by atoms with Gasteiger partial charge in [0, 0.05) is 0 Å². The molecule has 0 saturated carbocycles. The normalized spacial score (nSPS) is 10.9. The Hall–Kier alpha value is -1.64. The monoisotopic (exact) mass is 206 g/mol. The molecule has 0 N–H and O–H groups in total. The van der Waals surface area contributed by atoms with Gasteiger partial charge in [-0.1, -0.05) is 6.07 Å². The Morgan fingerprint density at radius 3 is 1.87 bits per heavy atom. The zero-order chi connectivity index (χ0) is 11.5. The van der Waals surface area contributed by atoms with Crippen molar-refractivity contribution < 1.29 is 14.3 Å². The fourth-order valence-corrected chi connectivity index (χ4v) is 1.18. The van der Waals surface area contributed by atoms with Gasteiger partial charge in [0.25, 0.3) is 0 Å². The van der Waals surface area contributed by atoms with Crippen LogP contribution >= 0.6 is 0 Å². The number of carbonyl (C=O) groups excluding carboxylic acids is 2. The van der Waals surface area contributed by atoms with Crippen molar-refractivity contribution in [3.63, 3.8) is 0 Å². The Balaban J connectivity index is 3.22. The first-order valence-corrected chi connectivity index (χ1v) is 4.70. The lowest BCUT2D eigenvalue weighted by Gasteiger charge is -2.23. The molecule has 1 aromatic rings. The third-order valence-electron chi connectivity index (χ3n) is 1.74. The molecule has 0 unspecified atom stereocenters. The first-order chi connectivity index (χ1) is 6.98. The Kier molecular flexibility index (Phi) is 3.24. The van der Waals surface area contributed by atoms with Gasteiger partial charge in [-0.2, -0.15) is 0 Å². The number of para-hydroxylation sites is 1. The van der Waals surface area contributed by atoms with Crippen LogP contribution in [0.2, 0.25) is 0 Å². The molecule has 0 bridgehead atoms. The van der Waals surface area contributed by atoms with Crippen molar-refractivity contribution >= 4 is 12.6 Å². The molecule has 0 fully saturated rings. The van der Waals surface area contributed by atoms with Gasteiger partial charge in [0.1, 0.15) is 11.4 Å². The molecule has 0 atom stereocenters. The van der Waals surface area contributed by atoms with Crippen LogP contribution in [-0.2, 0) is 0 Å². The van der Waals surface area contributed by atoms with E-state index in [0.29, 0.717) is 29.4 Å². The molecule has 0 radical (unpaired) electrons. The lowest BCUT2D eigenvalue weighted by Crippen LogP contribution is -2.24. The largest absolute Gasteiger partial charge is 0.487 e. The van der Waals surface area contributed by atoms with Crippen molar-refractivity contribution in [2.75, 3.05) is 0 Å². The van der Waals surface area contributed by atoms with Crippen molar-refractivity contribution in [2.24, 2.45) is 0 Å².